The first-order chi connectivity index (χ1) is 9.35. The minimum absolute atomic E-state index is 0.0265. The minimum atomic E-state index is -3.91. The summed E-state index contributed by atoms with van der Waals surface area (Å²) in [6, 6.07) is 3.39. The zero-order valence-electron chi connectivity index (χ0n) is 10.3. The van der Waals surface area contributed by atoms with E-state index in [1.807, 2.05) is 0 Å². The molecule has 4 N–H and O–H groups in total. The number of sulfonamides is 1. The quantitative estimate of drug-likeness (QED) is 0.329. The normalized spacial score (nSPS) is 18.0. The van der Waals surface area contributed by atoms with Crippen LogP contribution < -0.4 is 10.5 Å². The third-order valence-electron chi connectivity index (χ3n) is 2.99. The molecule has 0 aromatic heterocycles. The van der Waals surface area contributed by atoms with E-state index in [9.17, 15) is 8.42 Å². The summed E-state index contributed by atoms with van der Waals surface area (Å²) in [6.45, 7) is 0. The van der Waals surface area contributed by atoms with Crippen LogP contribution >= 0.6 is 23.2 Å². The topological polar surface area (TPSA) is 105 Å². The van der Waals surface area contributed by atoms with Crippen molar-refractivity contribution in [1.29, 1.82) is 0 Å². The van der Waals surface area contributed by atoms with Crippen molar-refractivity contribution in [2.75, 3.05) is 0 Å². The van der Waals surface area contributed by atoms with Crippen LogP contribution in [0.15, 0.2) is 28.3 Å². The van der Waals surface area contributed by atoms with Crippen molar-refractivity contribution < 1.29 is 13.6 Å². The molecule has 0 radical (unpaired) electrons. The maximum absolute atomic E-state index is 12.3. The van der Waals surface area contributed by atoms with E-state index in [0.29, 0.717) is 0 Å². The molecule has 6 nitrogen and oxygen atoms in total. The molecule has 110 valence electrons. The van der Waals surface area contributed by atoms with Crippen LogP contribution in [0.2, 0.25) is 10.0 Å². The second-order valence-electron chi connectivity index (χ2n) is 4.54. The van der Waals surface area contributed by atoms with Crippen LogP contribution in [-0.4, -0.2) is 25.5 Å². The Morgan fingerprint density at radius 1 is 1.45 bits per heavy atom. The van der Waals surface area contributed by atoms with E-state index in [1.165, 1.54) is 18.2 Å². The Hall–Kier alpha value is -1.02. The number of nitrogens with zero attached hydrogens (tertiary/aromatic N) is 1. The van der Waals surface area contributed by atoms with Crippen LogP contribution in [0.25, 0.3) is 0 Å². The summed E-state index contributed by atoms with van der Waals surface area (Å²) in [5.74, 6) is -0.145. The van der Waals surface area contributed by atoms with Gasteiger partial charge in [0.15, 0.2) is 5.84 Å². The first kappa shape index (κ1) is 15.4. The fraction of sp³-hybridized carbons (Fsp3) is 0.364. The molecule has 1 aromatic carbocycles. The molecule has 1 aromatic rings. The zero-order valence-corrected chi connectivity index (χ0v) is 12.6. The molecule has 1 aliphatic carbocycles. The predicted molar refractivity (Wildman–Crippen MR) is 76.7 cm³/mol. The summed E-state index contributed by atoms with van der Waals surface area (Å²) >= 11 is 11.7. The highest BCUT2D eigenvalue weighted by Crippen LogP contribution is 2.34. The molecule has 0 heterocycles. The molecular weight excluding hydrogens is 325 g/mol. The molecule has 1 fully saturated rings. The average Bonchev–Trinajstić information content (AvgIpc) is 3.22. The van der Waals surface area contributed by atoms with E-state index in [-0.39, 0.29) is 26.7 Å². The molecular formula is C11H13Cl2N3O3S. The fourth-order valence-corrected chi connectivity index (χ4v) is 3.84. The minimum Gasteiger partial charge on any atom is -0.409 e. The Morgan fingerprint density at radius 3 is 2.65 bits per heavy atom. The Kier molecular flexibility index (Phi) is 4.43. The van der Waals surface area contributed by atoms with Crippen molar-refractivity contribution in [2.24, 2.45) is 16.8 Å². The highest BCUT2D eigenvalue weighted by Gasteiger charge is 2.37. The number of halogens is 2. The maximum Gasteiger partial charge on any atom is 0.242 e. The SMILES string of the molecule is NC(=NO)C(NS(=O)(=O)c1cc(Cl)ccc1Cl)C1CC1. The van der Waals surface area contributed by atoms with Crippen LogP contribution in [0.4, 0.5) is 0 Å². The van der Waals surface area contributed by atoms with Gasteiger partial charge in [0.2, 0.25) is 10.0 Å². The molecule has 9 heteroatoms. The number of nitrogens with two attached hydrogens (primary N) is 1. The van der Waals surface area contributed by atoms with Gasteiger partial charge in [-0.05, 0) is 37.0 Å². The third-order valence-corrected chi connectivity index (χ3v) is 5.15. The van der Waals surface area contributed by atoms with Crippen LogP contribution in [0, 0.1) is 5.92 Å². The van der Waals surface area contributed by atoms with E-state index in [2.05, 4.69) is 9.88 Å². The second kappa shape index (κ2) is 5.77. The lowest BCUT2D eigenvalue weighted by Crippen LogP contribution is -2.46. The molecule has 1 atom stereocenters. The van der Waals surface area contributed by atoms with Crippen molar-refractivity contribution in [3.05, 3.63) is 28.2 Å². The van der Waals surface area contributed by atoms with Crippen molar-refractivity contribution in [3.8, 4) is 0 Å². The lowest BCUT2D eigenvalue weighted by molar-refractivity contribution is 0.314. The van der Waals surface area contributed by atoms with Gasteiger partial charge in [0.25, 0.3) is 0 Å². The second-order valence-corrected chi connectivity index (χ2v) is 7.06. The van der Waals surface area contributed by atoms with Gasteiger partial charge >= 0.3 is 0 Å². The Labute approximate surface area is 126 Å². The van der Waals surface area contributed by atoms with Crippen LogP contribution in [0.1, 0.15) is 12.8 Å². The molecule has 1 unspecified atom stereocenters. The molecule has 1 saturated carbocycles. The Bertz CT molecular complexity index is 644. The highest BCUT2D eigenvalue weighted by atomic mass is 35.5. The molecule has 2 rings (SSSR count). The predicted octanol–water partition coefficient (Wildman–Crippen LogP) is 1.80. The molecule has 0 saturated heterocycles. The molecule has 0 bridgehead atoms. The van der Waals surface area contributed by atoms with Crippen molar-refractivity contribution in [2.45, 2.75) is 23.8 Å². The number of nitrogens with one attached hydrogen (secondary N) is 1. The standard InChI is InChI=1S/C11H13Cl2N3O3S/c12-7-3-4-8(13)9(5-7)20(18,19)16-10(6-1-2-6)11(14)15-17/h3-6,10,16-17H,1-2H2,(H2,14,15). The largest absolute Gasteiger partial charge is 0.409 e. The molecule has 0 spiro atoms. The van der Waals surface area contributed by atoms with Gasteiger partial charge in [-0.15, -0.1) is 0 Å². The zero-order chi connectivity index (χ0) is 14.9. The number of oxime groups is 1. The van der Waals surface area contributed by atoms with Gasteiger partial charge in [0.05, 0.1) is 11.1 Å². The first-order valence-corrected chi connectivity index (χ1v) is 8.04. The average molecular weight is 338 g/mol. The summed E-state index contributed by atoms with van der Waals surface area (Å²) in [5.41, 5.74) is 5.53. The summed E-state index contributed by atoms with van der Waals surface area (Å²) < 4.78 is 27.0. The molecule has 0 aliphatic heterocycles. The van der Waals surface area contributed by atoms with Gasteiger partial charge in [-0.3, -0.25) is 0 Å². The highest BCUT2D eigenvalue weighted by molar-refractivity contribution is 7.89. The number of hydrogen-bond donors (Lipinski definition) is 3. The van der Waals surface area contributed by atoms with Crippen LogP contribution in [0.5, 0.6) is 0 Å². The molecule has 20 heavy (non-hydrogen) atoms. The van der Waals surface area contributed by atoms with Crippen LogP contribution in [0.3, 0.4) is 0 Å². The Balaban J connectivity index is 2.32. The summed E-state index contributed by atoms with van der Waals surface area (Å²) in [4.78, 5) is -0.136. The van der Waals surface area contributed by atoms with Gasteiger partial charge < -0.3 is 10.9 Å². The van der Waals surface area contributed by atoms with Crippen molar-refractivity contribution in [1.82, 2.24) is 4.72 Å². The van der Waals surface area contributed by atoms with Gasteiger partial charge in [-0.1, -0.05) is 28.4 Å². The van der Waals surface area contributed by atoms with E-state index in [0.717, 1.165) is 12.8 Å². The van der Waals surface area contributed by atoms with E-state index in [1.54, 1.807) is 0 Å². The monoisotopic (exact) mass is 337 g/mol. The van der Waals surface area contributed by atoms with Crippen molar-refractivity contribution in [3.63, 3.8) is 0 Å². The summed E-state index contributed by atoms with van der Waals surface area (Å²) in [7, 11) is -3.91. The lowest BCUT2D eigenvalue weighted by Gasteiger charge is -2.17. The maximum atomic E-state index is 12.3. The number of rotatable bonds is 5. The summed E-state index contributed by atoms with van der Waals surface area (Å²) in [6.07, 6.45) is 1.62. The summed E-state index contributed by atoms with van der Waals surface area (Å²) in [5, 5.41) is 11.9. The first-order valence-electron chi connectivity index (χ1n) is 5.80. The third kappa shape index (κ3) is 3.35. The van der Waals surface area contributed by atoms with Gasteiger partial charge in [-0.25, -0.2) is 13.1 Å². The van der Waals surface area contributed by atoms with Gasteiger partial charge in [0, 0.05) is 5.02 Å². The van der Waals surface area contributed by atoms with Crippen LogP contribution in [-0.2, 0) is 10.0 Å². The number of hydrogen-bond acceptors (Lipinski definition) is 4. The van der Waals surface area contributed by atoms with Gasteiger partial charge in [-0.2, -0.15) is 0 Å². The van der Waals surface area contributed by atoms with Crippen molar-refractivity contribution >= 4 is 39.1 Å². The number of amidine groups is 1. The molecule has 0 amide bonds. The number of benzene rings is 1. The lowest BCUT2D eigenvalue weighted by atomic mass is 10.2. The molecule has 1 aliphatic rings. The Morgan fingerprint density at radius 2 is 2.10 bits per heavy atom. The fourth-order valence-electron chi connectivity index (χ4n) is 1.80. The smallest absolute Gasteiger partial charge is 0.242 e. The van der Waals surface area contributed by atoms with E-state index < -0.39 is 16.1 Å². The van der Waals surface area contributed by atoms with E-state index >= 15 is 0 Å². The van der Waals surface area contributed by atoms with E-state index in [4.69, 9.17) is 34.1 Å². The van der Waals surface area contributed by atoms with Gasteiger partial charge in [0.1, 0.15) is 4.90 Å².